The van der Waals surface area contributed by atoms with Gasteiger partial charge in [0.05, 0.1) is 5.92 Å². The molecule has 1 aliphatic heterocycles. The standard InChI is InChI=1S/C18H20ClNO3S/c1-9-4-11-6-10(2-3-12(11)13(19)5-9)7-14(21)16-15(24)8-20-17(16)18(22)23/h4-5,10,16-17,20H,2-3,6-8H2,1H3,(H,22,23)/t10?,16?,17-/m0/s1. The molecule has 0 saturated carbocycles. The van der Waals surface area contributed by atoms with E-state index in [0.717, 1.165) is 29.8 Å². The summed E-state index contributed by atoms with van der Waals surface area (Å²) in [5.41, 5.74) is 3.52. The fraction of sp³-hybridized carbons (Fsp3) is 0.500. The van der Waals surface area contributed by atoms with Crippen LogP contribution >= 0.6 is 23.8 Å². The third kappa shape index (κ3) is 3.39. The largest absolute Gasteiger partial charge is 0.480 e. The predicted octanol–water partition coefficient (Wildman–Crippen LogP) is 2.76. The number of carbonyl (C=O) groups is 2. The summed E-state index contributed by atoms with van der Waals surface area (Å²) in [6.07, 6.45) is 2.95. The predicted molar refractivity (Wildman–Crippen MR) is 96.8 cm³/mol. The first kappa shape index (κ1) is 17.5. The summed E-state index contributed by atoms with van der Waals surface area (Å²) < 4.78 is 0. The van der Waals surface area contributed by atoms with Crippen LogP contribution in [0.1, 0.15) is 29.5 Å². The molecule has 2 unspecified atom stereocenters. The molecule has 3 rings (SSSR count). The molecule has 0 amide bonds. The average Bonchev–Trinajstić information content (AvgIpc) is 2.88. The first-order valence-electron chi connectivity index (χ1n) is 8.16. The van der Waals surface area contributed by atoms with Crippen LogP contribution < -0.4 is 5.32 Å². The van der Waals surface area contributed by atoms with Gasteiger partial charge in [-0.2, -0.15) is 0 Å². The molecule has 1 aromatic rings. The van der Waals surface area contributed by atoms with E-state index in [9.17, 15) is 14.7 Å². The number of thiocarbonyl (C=S) groups is 1. The van der Waals surface area contributed by atoms with Crippen LogP contribution in [0.2, 0.25) is 5.02 Å². The van der Waals surface area contributed by atoms with Gasteiger partial charge < -0.3 is 5.11 Å². The van der Waals surface area contributed by atoms with Gasteiger partial charge in [-0.1, -0.05) is 29.9 Å². The molecule has 1 aromatic carbocycles. The summed E-state index contributed by atoms with van der Waals surface area (Å²) in [4.78, 5) is 24.5. The maximum absolute atomic E-state index is 12.7. The van der Waals surface area contributed by atoms with Gasteiger partial charge >= 0.3 is 5.97 Å². The highest BCUT2D eigenvalue weighted by Gasteiger charge is 2.41. The van der Waals surface area contributed by atoms with Crippen LogP contribution in [0.4, 0.5) is 0 Å². The van der Waals surface area contributed by atoms with E-state index in [1.54, 1.807) is 0 Å². The Morgan fingerprint density at radius 3 is 2.88 bits per heavy atom. The molecule has 0 spiro atoms. The van der Waals surface area contributed by atoms with Crippen LogP contribution in [0.3, 0.4) is 0 Å². The molecule has 6 heteroatoms. The lowest BCUT2D eigenvalue weighted by molar-refractivity contribution is -0.142. The fourth-order valence-electron chi connectivity index (χ4n) is 3.87. The quantitative estimate of drug-likeness (QED) is 0.803. The number of Topliss-reactive ketones (excluding diaryl/α,β-unsaturated/α-hetero) is 1. The zero-order valence-electron chi connectivity index (χ0n) is 13.5. The van der Waals surface area contributed by atoms with E-state index in [1.165, 1.54) is 11.1 Å². The van der Waals surface area contributed by atoms with Crippen LogP contribution in [0.15, 0.2) is 12.1 Å². The van der Waals surface area contributed by atoms with E-state index in [4.69, 9.17) is 23.8 Å². The molecule has 1 heterocycles. The minimum atomic E-state index is -1.01. The summed E-state index contributed by atoms with van der Waals surface area (Å²) in [7, 11) is 0. The van der Waals surface area contributed by atoms with Gasteiger partial charge in [-0.3, -0.25) is 14.9 Å². The highest BCUT2D eigenvalue weighted by molar-refractivity contribution is 7.80. The van der Waals surface area contributed by atoms with Gasteiger partial charge in [0.25, 0.3) is 0 Å². The minimum Gasteiger partial charge on any atom is -0.480 e. The molecule has 24 heavy (non-hydrogen) atoms. The molecule has 1 fully saturated rings. The number of aliphatic carboxylic acids is 1. The van der Waals surface area contributed by atoms with Crippen molar-refractivity contribution < 1.29 is 14.7 Å². The van der Waals surface area contributed by atoms with Gasteiger partial charge in [0.15, 0.2) is 0 Å². The summed E-state index contributed by atoms with van der Waals surface area (Å²) >= 11 is 11.5. The van der Waals surface area contributed by atoms with Crippen molar-refractivity contribution >= 4 is 40.4 Å². The third-order valence-electron chi connectivity index (χ3n) is 5.02. The molecule has 1 saturated heterocycles. The zero-order chi connectivity index (χ0) is 17.4. The van der Waals surface area contributed by atoms with Crippen molar-refractivity contribution in [3.05, 3.63) is 33.8 Å². The minimum absolute atomic E-state index is 0.0513. The van der Waals surface area contributed by atoms with E-state index in [-0.39, 0.29) is 11.7 Å². The second-order valence-electron chi connectivity index (χ2n) is 6.80. The number of nitrogens with one attached hydrogen (secondary N) is 1. The van der Waals surface area contributed by atoms with Crippen molar-refractivity contribution in [1.82, 2.24) is 5.32 Å². The Morgan fingerprint density at radius 2 is 2.17 bits per heavy atom. The number of aryl methyl sites for hydroxylation is 1. The SMILES string of the molecule is Cc1cc(Cl)c2c(c1)CC(CC(=O)C1C(=S)CN[C@@H]1C(=O)O)CC2. The second-order valence-corrected chi connectivity index (χ2v) is 7.74. The Balaban J connectivity index is 1.72. The molecule has 0 aromatic heterocycles. The van der Waals surface area contributed by atoms with Crippen LogP contribution in [0.25, 0.3) is 0 Å². The number of hydrogen-bond acceptors (Lipinski definition) is 4. The first-order chi connectivity index (χ1) is 11.4. The number of carbonyl (C=O) groups excluding carboxylic acids is 1. The number of hydrogen-bond donors (Lipinski definition) is 2. The van der Waals surface area contributed by atoms with E-state index >= 15 is 0 Å². The van der Waals surface area contributed by atoms with E-state index in [0.29, 0.717) is 17.8 Å². The van der Waals surface area contributed by atoms with Crippen LogP contribution in [0, 0.1) is 18.8 Å². The fourth-order valence-corrected chi connectivity index (χ4v) is 4.61. The number of fused-ring (bicyclic) bond motifs is 1. The molecule has 3 atom stereocenters. The first-order valence-corrected chi connectivity index (χ1v) is 8.95. The highest BCUT2D eigenvalue weighted by Crippen LogP contribution is 2.34. The lowest BCUT2D eigenvalue weighted by Gasteiger charge is -2.26. The Bertz CT molecular complexity index is 718. The maximum Gasteiger partial charge on any atom is 0.321 e. The monoisotopic (exact) mass is 365 g/mol. The van der Waals surface area contributed by atoms with Gasteiger partial charge in [0.2, 0.25) is 0 Å². The lowest BCUT2D eigenvalue weighted by Crippen LogP contribution is -2.40. The molecule has 2 aliphatic rings. The van der Waals surface area contributed by atoms with Gasteiger partial charge in [-0.15, -0.1) is 0 Å². The Hall–Kier alpha value is -1.30. The highest BCUT2D eigenvalue weighted by atomic mass is 35.5. The molecule has 0 bridgehead atoms. The topological polar surface area (TPSA) is 66.4 Å². The second kappa shape index (κ2) is 6.90. The van der Waals surface area contributed by atoms with Crippen molar-refractivity contribution in [2.45, 2.75) is 38.6 Å². The Morgan fingerprint density at radius 1 is 1.42 bits per heavy atom. The third-order valence-corrected chi connectivity index (χ3v) is 5.76. The summed E-state index contributed by atoms with van der Waals surface area (Å²) in [5.74, 6) is -1.52. The number of rotatable bonds is 4. The Kier molecular flexibility index (Phi) is 5.04. The van der Waals surface area contributed by atoms with Crippen molar-refractivity contribution in [2.75, 3.05) is 6.54 Å². The molecule has 4 nitrogen and oxygen atoms in total. The number of benzene rings is 1. The van der Waals surface area contributed by atoms with Crippen molar-refractivity contribution in [3.63, 3.8) is 0 Å². The smallest absolute Gasteiger partial charge is 0.321 e. The van der Waals surface area contributed by atoms with E-state index in [1.807, 2.05) is 13.0 Å². The molecule has 1 aliphatic carbocycles. The van der Waals surface area contributed by atoms with Crippen LogP contribution in [-0.4, -0.2) is 34.3 Å². The van der Waals surface area contributed by atoms with Gasteiger partial charge in [0.1, 0.15) is 11.8 Å². The van der Waals surface area contributed by atoms with Gasteiger partial charge in [-0.25, -0.2) is 0 Å². The lowest BCUT2D eigenvalue weighted by atomic mass is 9.78. The number of ketones is 1. The van der Waals surface area contributed by atoms with E-state index < -0.39 is 17.9 Å². The van der Waals surface area contributed by atoms with Crippen LogP contribution in [-0.2, 0) is 22.4 Å². The van der Waals surface area contributed by atoms with Crippen molar-refractivity contribution in [2.24, 2.45) is 11.8 Å². The molecular weight excluding hydrogens is 346 g/mol. The number of carboxylic acids is 1. The Labute approximate surface area is 151 Å². The average molecular weight is 366 g/mol. The summed E-state index contributed by atoms with van der Waals surface area (Å²) in [5, 5.41) is 12.9. The molecular formula is C18H20ClNO3S. The number of carboxylic acid groups (broad SMARTS) is 1. The van der Waals surface area contributed by atoms with Crippen molar-refractivity contribution in [3.8, 4) is 0 Å². The summed E-state index contributed by atoms with van der Waals surface area (Å²) in [6, 6.07) is 3.24. The van der Waals surface area contributed by atoms with E-state index in [2.05, 4.69) is 11.4 Å². The van der Waals surface area contributed by atoms with Crippen LogP contribution in [0.5, 0.6) is 0 Å². The maximum atomic E-state index is 12.7. The van der Waals surface area contributed by atoms with Gasteiger partial charge in [0, 0.05) is 22.9 Å². The number of halogens is 1. The van der Waals surface area contributed by atoms with Gasteiger partial charge in [-0.05, 0) is 54.9 Å². The summed E-state index contributed by atoms with van der Waals surface area (Å²) in [6.45, 7) is 2.34. The van der Waals surface area contributed by atoms with Crippen molar-refractivity contribution in [1.29, 1.82) is 0 Å². The molecule has 128 valence electrons. The molecule has 0 radical (unpaired) electrons. The molecule has 2 N–H and O–H groups in total. The zero-order valence-corrected chi connectivity index (χ0v) is 15.0. The normalized spacial score (nSPS) is 26.2.